The van der Waals surface area contributed by atoms with Gasteiger partial charge in [-0.15, -0.1) is 0 Å². The molecule has 1 atom stereocenters. The van der Waals surface area contributed by atoms with Crippen molar-refractivity contribution >= 4 is 17.5 Å². The lowest BCUT2D eigenvalue weighted by Crippen LogP contribution is -2.48. The Balaban J connectivity index is 2.31. The molecule has 1 saturated heterocycles. The lowest BCUT2D eigenvalue weighted by molar-refractivity contribution is -0.389. The number of nitrogens with zero attached hydrogens (tertiary/aromatic N) is 3. The molecule has 1 aliphatic rings. The van der Waals surface area contributed by atoms with Crippen molar-refractivity contribution in [1.29, 1.82) is 0 Å². The van der Waals surface area contributed by atoms with Crippen molar-refractivity contribution in [1.82, 2.24) is 4.98 Å². The third-order valence-corrected chi connectivity index (χ3v) is 3.33. The average Bonchev–Trinajstić information content (AvgIpc) is 2.73. The molecule has 0 amide bonds. The van der Waals surface area contributed by atoms with Crippen LogP contribution >= 0.6 is 0 Å². The quantitative estimate of drug-likeness (QED) is 0.644. The van der Waals surface area contributed by atoms with Gasteiger partial charge in [0.15, 0.2) is 6.20 Å². The molecule has 1 unspecified atom stereocenters. The number of anilines is 1. The van der Waals surface area contributed by atoms with Crippen molar-refractivity contribution in [3.05, 3.63) is 28.4 Å². The molecule has 1 fully saturated rings. The van der Waals surface area contributed by atoms with Crippen molar-refractivity contribution in [2.75, 3.05) is 11.4 Å². The zero-order valence-corrected chi connectivity index (χ0v) is 9.87. The van der Waals surface area contributed by atoms with Crippen LogP contribution in [0.3, 0.4) is 0 Å². The fourth-order valence-electron chi connectivity index (χ4n) is 2.25. The first-order valence-electron chi connectivity index (χ1n) is 5.56. The predicted molar refractivity (Wildman–Crippen MR) is 63.5 cm³/mol. The van der Waals surface area contributed by atoms with E-state index in [1.54, 1.807) is 11.8 Å². The van der Waals surface area contributed by atoms with E-state index in [1.807, 2.05) is 0 Å². The van der Waals surface area contributed by atoms with Gasteiger partial charge >= 0.3 is 11.8 Å². The number of rotatable bonds is 3. The van der Waals surface area contributed by atoms with Gasteiger partial charge in [0.2, 0.25) is 0 Å². The molecule has 1 aliphatic heterocycles. The maximum Gasteiger partial charge on any atom is 0.363 e. The first-order valence-corrected chi connectivity index (χ1v) is 5.56. The van der Waals surface area contributed by atoms with Crippen LogP contribution in [0.5, 0.6) is 0 Å². The third kappa shape index (κ3) is 1.87. The van der Waals surface area contributed by atoms with E-state index < -0.39 is 16.4 Å². The number of carbonyl (C=O) groups is 1. The van der Waals surface area contributed by atoms with Crippen molar-refractivity contribution in [2.24, 2.45) is 0 Å². The molecule has 2 heterocycles. The van der Waals surface area contributed by atoms with Crippen LogP contribution in [0.25, 0.3) is 0 Å². The molecule has 7 heteroatoms. The summed E-state index contributed by atoms with van der Waals surface area (Å²) in [6.45, 7) is 2.27. The van der Waals surface area contributed by atoms with Gasteiger partial charge in [-0.2, -0.15) is 0 Å². The normalized spacial score (nSPS) is 23.1. The highest BCUT2D eigenvalue weighted by Gasteiger charge is 2.43. The van der Waals surface area contributed by atoms with Gasteiger partial charge in [-0.3, -0.25) is 0 Å². The van der Waals surface area contributed by atoms with Gasteiger partial charge < -0.3 is 20.1 Å². The Morgan fingerprint density at radius 1 is 1.61 bits per heavy atom. The van der Waals surface area contributed by atoms with Gasteiger partial charge in [-0.1, -0.05) is 0 Å². The number of hydrogen-bond donors (Lipinski definition) is 1. The summed E-state index contributed by atoms with van der Waals surface area (Å²) in [7, 11) is 0. The van der Waals surface area contributed by atoms with Gasteiger partial charge in [0.05, 0.1) is 5.69 Å². The van der Waals surface area contributed by atoms with E-state index in [9.17, 15) is 20.0 Å². The van der Waals surface area contributed by atoms with Gasteiger partial charge in [-0.25, -0.2) is 4.79 Å². The molecule has 0 bridgehead atoms. The monoisotopic (exact) mass is 251 g/mol. The van der Waals surface area contributed by atoms with Crippen LogP contribution in [-0.4, -0.2) is 33.1 Å². The molecule has 0 aromatic carbocycles. The highest BCUT2D eigenvalue weighted by atomic mass is 16.6. The van der Waals surface area contributed by atoms with Gasteiger partial charge in [0, 0.05) is 12.6 Å². The summed E-state index contributed by atoms with van der Waals surface area (Å²) in [6.07, 6.45) is 2.68. The lowest BCUT2D eigenvalue weighted by Gasteiger charge is -2.32. The van der Waals surface area contributed by atoms with E-state index >= 15 is 0 Å². The number of nitro groups is 1. The van der Waals surface area contributed by atoms with Crippen LogP contribution in [0.2, 0.25) is 0 Å². The Morgan fingerprint density at radius 2 is 2.33 bits per heavy atom. The number of aromatic nitrogens is 1. The van der Waals surface area contributed by atoms with Crippen LogP contribution in [0, 0.1) is 10.1 Å². The van der Waals surface area contributed by atoms with E-state index in [0.717, 1.165) is 6.42 Å². The summed E-state index contributed by atoms with van der Waals surface area (Å²) in [6, 6.07) is 2.83. The first kappa shape index (κ1) is 12.3. The average molecular weight is 251 g/mol. The van der Waals surface area contributed by atoms with Crippen molar-refractivity contribution < 1.29 is 14.8 Å². The molecule has 0 aliphatic carbocycles. The van der Waals surface area contributed by atoms with E-state index in [2.05, 4.69) is 4.98 Å². The van der Waals surface area contributed by atoms with Crippen molar-refractivity contribution in [2.45, 2.75) is 25.3 Å². The SMILES string of the molecule is CC1(C(=O)O)CCCN1c1ccc([N+](=O)[O-])nc1. The maximum atomic E-state index is 11.3. The molecule has 0 saturated carbocycles. The molecule has 2 rings (SSSR count). The minimum atomic E-state index is -0.961. The van der Waals surface area contributed by atoms with E-state index in [0.29, 0.717) is 18.7 Å². The topological polar surface area (TPSA) is 96.6 Å². The van der Waals surface area contributed by atoms with Crippen LogP contribution in [0.15, 0.2) is 18.3 Å². The standard InChI is InChI=1S/C11H13N3O4/c1-11(10(15)16)5-2-6-13(11)8-3-4-9(12-7-8)14(17)18/h3-4,7H,2,5-6H2,1H3,(H,15,16). The fourth-order valence-corrected chi connectivity index (χ4v) is 2.25. The lowest BCUT2D eigenvalue weighted by atomic mass is 9.99. The summed E-state index contributed by atoms with van der Waals surface area (Å²) < 4.78 is 0. The number of carboxylic acid groups (broad SMARTS) is 1. The number of carboxylic acids is 1. The van der Waals surface area contributed by atoms with Crippen molar-refractivity contribution in [3.8, 4) is 0 Å². The summed E-state index contributed by atoms with van der Waals surface area (Å²) in [4.78, 5) is 26.7. The van der Waals surface area contributed by atoms with E-state index in [-0.39, 0.29) is 5.82 Å². The minimum absolute atomic E-state index is 0.241. The zero-order chi connectivity index (χ0) is 13.3. The smallest absolute Gasteiger partial charge is 0.363 e. The Kier molecular flexibility index (Phi) is 2.90. The second kappa shape index (κ2) is 4.25. The van der Waals surface area contributed by atoms with Gasteiger partial charge in [-0.05, 0) is 35.7 Å². The third-order valence-electron chi connectivity index (χ3n) is 3.33. The number of hydrogen-bond acceptors (Lipinski definition) is 5. The second-order valence-electron chi connectivity index (χ2n) is 4.47. The highest BCUT2D eigenvalue weighted by Crippen LogP contribution is 2.34. The second-order valence-corrected chi connectivity index (χ2v) is 4.47. The molecule has 0 spiro atoms. The molecular weight excluding hydrogens is 238 g/mol. The van der Waals surface area contributed by atoms with Gasteiger partial charge in [0.1, 0.15) is 5.54 Å². The molecule has 1 aromatic heterocycles. The molecule has 0 radical (unpaired) electrons. The van der Waals surface area contributed by atoms with Gasteiger partial charge in [0.25, 0.3) is 0 Å². The Morgan fingerprint density at radius 3 is 2.83 bits per heavy atom. The van der Waals surface area contributed by atoms with Crippen LogP contribution in [-0.2, 0) is 4.79 Å². The van der Waals surface area contributed by atoms with Crippen LogP contribution < -0.4 is 4.90 Å². The number of aliphatic carboxylic acids is 1. The maximum absolute atomic E-state index is 11.3. The van der Waals surface area contributed by atoms with Crippen LogP contribution in [0.1, 0.15) is 19.8 Å². The summed E-state index contributed by atoms with van der Waals surface area (Å²) in [5.41, 5.74) is -0.361. The highest BCUT2D eigenvalue weighted by molar-refractivity contribution is 5.83. The molecule has 96 valence electrons. The minimum Gasteiger partial charge on any atom is -0.480 e. The molecule has 18 heavy (non-hydrogen) atoms. The molecule has 1 aromatic rings. The number of pyridine rings is 1. The van der Waals surface area contributed by atoms with Crippen LogP contribution in [0.4, 0.5) is 11.5 Å². The molecule has 7 nitrogen and oxygen atoms in total. The molecular formula is C11H13N3O4. The predicted octanol–water partition coefficient (Wildman–Crippen LogP) is 1.43. The van der Waals surface area contributed by atoms with E-state index in [1.165, 1.54) is 18.3 Å². The Hall–Kier alpha value is -2.18. The fraction of sp³-hybridized carbons (Fsp3) is 0.455. The van der Waals surface area contributed by atoms with Crippen molar-refractivity contribution in [3.63, 3.8) is 0 Å². The largest absolute Gasteiger partial charge is 0.480 e. The summed E-state index contributed by atoms with van der Waals surface area (Å²) in [5, 5.41) is 19.8. The zero-order valence-electron chi connectivity index (χ0n) is 9.87. The molecule has 1 N–H and O–H groups in total. The Labute approximate surface area is 103 Å². The summed E-state index contributed by atoms with van der Waals surface area (Å²) >= 11 is 0. The first-order chi connectivity index (χ1) is 8.45. The Bertz CT molecular complexity index is 488. The van der Waals surface area contributed by atoms with E-state index in [4.69, 9.17) is 0 Å². The summed E-state index contributed by atoms with van der Waals surface area (Å²) in [5.74, 6) is -1.13.